The average Bonchev–Trinajstić information content (AvgIpc) is 3.19. The van der Waals surface area contributed by atoms with E-state index in [0.29, 0.717) is 10.2 Å². The molecule has 3 rings (SSSR count). The molecule has 0 aliphatic carbocycles. The smallest absolute Gasteiger partial charge is 0.306 e. The number of halogens is 2. The van der Waals surface area contributed by atoms with Gasteiger partial charge in [-0.05, 0) is 18.2 Å². The molecule has 0 fully saturated rings. The maximum absolute atomic E-state index is 12.1. The third-order valence-corrected chi connectivity index (χ3v) is 5.28. The molecule has 0 saturated carbocycles. The van der Waals surface area contributed by atoms with E-state index in [1.807, 2.05) is 35.7 Å². The number of nitrogens with one attached hydrogen (secondary N) is 1. The van der Waals surface area contributed by atoms with E-state index in [0.717, 1.165) is 11.3 Å². The zero-order valence-corrected chi connectivity index (χ0v) is 17.9. The minimum Gasteiger partial charge on any atom is -0.457 e. The lowest BCUT2D eigenvalue weighted by Gasteiger charge is -2.06. The number of esters is 1. The summed E-state index contributed by atoms with van der Waals surface area (Å²) in [4.78, 5) is 40.3. The molecule has 30 heavy (non-hydrogen) atoms. The van der Waals surface area contributed by atoms with Crippen molar-refractivity contribution in [3.8, 4) is 11.3 Å². The number of benzene rings is 2. The Bertz CT molecular complexity index is 1070. The monoisotopic (exact) mass is 462 g/mol. The number of anilines is 1. The van der Waals surface area contributed by atoms with Gasteiger partial charge in [0.05, 0.1) is 17.1 Å². The molecule has 1 heterocycles. The number of hydrogen-bond acceptors (Lipinski definition) is 6. The zero-order chi connectivity index (χ0) is 21.5. The Hall–Kier alpha value is -2.74. The Morgan fingerprint density at radius 3 is 2.53 bits per heavy atom. The molecular weight excluding hydrogens is 447 g/mol. The number of carbonyl (C=O) groups excluding carboxylic acids is 3. The molecule has 154 valence electrons. The molecule has 0 spiro atoms. The SMILES string of the molecule is O=C(CCC(=O)OCC(=O)c1ccc(Cl)cc1Cl)Nc1nc(-c2ccccc2)cs1. The van der Waals surface area contributed by atoms with Crippen LogP contribution in [0.15, 0.2) is 53.9 Å². The highest BCUT2D eigenvalue weighted by Crippen LogP contribution is 2.25. The van der Waals surface area contributed by atoms with Crippen molar-refractivity contribution in [2.45, 2.75) is 12.8 Å². The van der Waals surface area contributed by atoms with Crippen molar-refractivity contribution in [3.63, 3.8) is 0 Å². The fourth-order valence-corrected chi connectivity index (χ4v) is 3.73. The number of rotatable bonds is 8. The molecule has 9 heteroatoms. The van der Waals surface area contributed by atoms with Crippen molar-refractivity contribution < 1.29 is 19.1 Å². The van der Waals surface area contributed by atoms with Gasteiger partial charge in [0.1, 0.15) is 0 Å². The van der Waals surface area contributed by atoms with E-state index in [1.165, 1.54) is 29.5 Å². The van der Waals surface area contributed by atoms with Crippen LogP contribution in [0.4, 0.5) is 5.13 Å². The summed E-state index contributed by atoms with van der Waals surface area (Å²) in [6.45, 7) is -0.464. The summed E-state index contributed by atoms with van der Waals surface area (Å²) in [6, 6.07) is 14.0. The highest BCUT2D eigenvalue weighted by Gasteiger charge is 2.15. The van der Waals surface area contributed by atoms with Gasteiger partial charge in [0.15, 0.2) is 11.7 Å². The van der Waals surface area contributed by atoms with E-state index in [-0.39, 0.29) is 29.3 Å². The first kappa shape index (κ1) is 22.0. The Morgan fingerprint density at radius 1 is 1.03 bits per heavy atom. The summed E-state index contributed by atoms with van der Waals surface area (Å²) in [7, 11) is 0. The van der Waals surface area contributed by atoms with Crippen LogP contribution in [0.3, 0.4) is 0 Å². The van der Waals surface area contributed by atoms with Crippen molar-refractivity contribution >= 4 is 57.3 Å². The van der Waals surface area contributed by atoms with E-state index in [1.54, 1.807) is 0 Å². The fraction of sp³-hybridized carbons (Fsp3) is 0.143. The summed E-state index contributed by atoms with van der Waals surface area (Å²) in [5.41, 5.74) is 1.92. The van der Waals surface area contributed by atoms with Gasteiger partial charge in [-0.3, -0.25) is 14.4 Å². The first-order chi connectivity index (χ1) is 14.4. The second kappa shape index (κ2) is 10.3. The van der Waals surface area contributed by atoms with Gasteiger partial charge in [0.25, 0.3) is 0 Å². The highest BCUT2D eigenvalue weighted by atomic mass is 35.5. The second-order valence-electron chi connectivity index (χ2n) is 6.16. The van der Waals surface area contributed by atoms with Crippen LogP contribution < -0.4 is 5.32 Å². The van der Waals surface area contributed by atoms with E-state index in [2.05, 4.69) is 10.3 Å². The number of hydrogen-bond donors (Lipinski definition) is 1. The van der Waals surface area contributed by atoms with Crippen molar-refractivity contribution in [2.24, 2.45) is 0 Å². The molecule has 3 aromatic rings. The van der Waals surface area contributed by atoms with Gasteiger partial charge in [-0.2, -0.15) is 0 Å². The van der Waals surface area contributed by atoms with Crippen LogP contribution in [-0.2, 0) is 14.3 Å². The minimum absolute atomic E-state index is 0.0883. The number of nitrogens with zero attached hydrogens (tertiary/aromatic N) is 1. The summed E-state index contributed by atoms with van der Waals surface area (Å²) in [5, 5.41) is 5.52. The lowest BCUT2D eigenvalue weighted by molar-refractivity contribution is -0.143. The number of ether oxygens (including phenoxy) is 1. The fourth-order valence-electron chi connectivity index (χ4n) is 2.48. The van der Waals surface area contributed by atoms with Crippen LogP contribution in [0.25, 0.3) is 11.3 Å². The Labute approximate surface area is 186 Å². The lowest BCUT2D eigenvalue weighted by Crippen LogP contribution is -2.17. The molecule has 2 aromatic carbocycles. The molecule has 0 unspecified atom stereocenters. The van der Waals surface area contributed by atoms with Gasteiger partial charge in [0.2, 0.25) is 11.7 Å². The summed E-state index contributed by atoms with van der Waals surface area (Å²) in [5.74, 6) is -1.48. The van der Waals surface area contributed by atoms with Crippen molar-refractivity contribution in [3.05, 3.63) is 69.5 Å². The van der Waals surface area contributed by atoms with Gasteiger partial charge in [0, 0.05) is 28.0 Å². The third kappa shape index (κ3) is 6.13. The van der Waals surface area contributed by atoms with Gasteiger partial charge >= 0.3 is 5.97 Å². The predicted octanol–water partition coefficient (Wildman–Crippen LogP) is 5.26. The minimum atomic E-state index is -0.660. The van der Waals surface area contributed by atoms with Crippen molar-refractivity contribution in [2.75, 3.05) is 11.9 Å². The molecule has 0 aliphatic rings. The molecule has 1 aromatic heterocycles. The number of Topliss-reactive ketones (excluding diaryl/α,β-unsaturated/α-hetero) is 1. The van der Waals surface area contributed by atoms with Crippen LogP contribution in [0.1, 0.15) is 23.2 Å². The topological polar surface area (TPSA) is 85.4 Å². The molecule has 1 amide bonds. The lowest BCUT2D eigenvalue weighted by atomic mass is 10.1. The van der Waals surface area contributed by atoms with Crippen LogP contribution in [0, 0.1) is 0 Å². The van der Waals surface area contributed by atoms with Crippen molar-refractivity contribution in [1.82, 2.24) is 4.98 Å². The van der Waals surface area contributed by atoms with Gasteiger partial charge in [-0.1, -0.05) is 53.5 Å². The maximum Gasteiger partial charge on any atom is 0.306 e. The number of ketones is 1. The van der Waals surface area contributed by atoms with E-state index in [4.69, 9.17) is 27.9 Å². The molecule has 0 bridgehead atoms. The van der Waals surface area contributed by atoms with Gasteiger partial charge < -0.3 is 10.1 Å². The number of carbonyl (C=O) groups is 3. The number of aromatic nitrogens is 1. The number of amides is 1. The van der Waals surface area contributed by atoms with Crippen LogP contribution in [0.2, 0.25) is 10.0 Å². The van der Waals surface area contributed by atoms with Gasteiger partial charge in [-0.25, -0.2) is 4.98 Å². The van der Waals surface area contributed by atoms with Crippen molar-refractivity contribution in [1.29, 1.82) is 0 Å². The standard InChI is InChI=1S/C21H16Cl2N2O4S/c22-14-6-7-15(16(23)10-14)18(26)11-29-20(28)9-8-19(27)25-21-24-17(12-30-21)13-4-2-1-3-5-13/h1-7,10,12H,8-9,11H2,(H,24,25,27). The Morgan fingerprint density at radius 2 is 1.80 bits per heavy atom. The van der Waals surface area contributed by atoms with E-state index >= 15 is 0 Å². The molecule has 0 radical (unpaired) electrons. The Kier molecular flexibility index (Phi) is 7.57. The third-order valence-electron chi connectivity index (χ3n) is 3.97. The summed E-state index contributed by atoms with van der Waals surface area (Å²) in [6.07, 6.45) is -0.251. The second-order valence-corrected chi connectivity index (χ2v) is 7.86. The Balaban J connectivity index is 1.43. The largest absolute Gasteiger partial charge is 0.457 e. The quantitative estimate of drug-likeness (QED) is 0.364. The average molecular weight is 463 g/mol. The van der Waals surface area contributed by atoms with Crippen LogP contribution in [0.5, 0.6) is 0 Å². The molecule has 0 saturated heterocycles. The molecule has 0 atom stereocenters. The van der Waals surface area contributed by atoms with Gasteiger partial charge in [-0.15, -0.1) is 11.3 Å². The van der Waals surface area contributed by atoms with Crippen LogP contribution >= 0.6 is 34.5 Å². The number of thiazole rings is 1. The molecular formula is C21H16Cl2N2O4S. The summed E-state index contributed by atoms with van der Waals surface area (Å²) < 4.78 is 4.93. The zero-order valence-electron chi connectivity index (χ0n) is 15.6. The van der Waals surface area contributed by atoms with Crippen LogP contribution in [-0.4, -0.2) is 29.3 Å². The van der Waals surface area contributed by atoms with E-state index < -0.39 is 18.4 Å². The predicted molar refractivity (Wildman–Crippen MR) is 117 cm³/mol. The molecule has 0 aliphatic heterocycles. The highest BCUT2D eigenvalue weighted by molar-refractivity contribution is 7.14. The molecule has 1 N–H and O–H groups in total. The van der Waals surface area contributed by atoms with E-state index in [9.17, 15) is 14.4 Å². The normalized spacial score (nSPS) is 10.5. The first-order valence-electron chi connectivity index (χ1n) is 8.87. The summed E-state index contributed by atoms with van der Waals surface area (Å²) >= 11 is 13.0. The first-order valence-corrected chi connectivity index (χ1v) is 10.5. The molecule has 6 nitrogen and oxygen atoms in total. The maximum atomic E-state index is 12.1.